The van der Waals surface area contributed by atoms with Gasteiger partial charge in [-0.25, -0.2) is 0 Å². The fourth-order valence-corrected chi connectivity index (χ4v) is 1.49. The summed E-state index contributed by atoms with van der Waals surface area (Å²) in [6, 6.07) is 5.94. The average molecular weight is 202 g/mol. The Kier molecular flexibility index (Phi) is 2.11. The van der Waals surface area contributed by atoms with E-state index in [2.05, 4.69) is 4.98 Å². The van der Waals surface area contributed by atoms with Crippen LogP contribution in [0, 0.1) is 0 Å². The quantitative estimate of drug-likeness (QED) is 0.734. The lowest BCUT2D eigenvalue weighted by Gasteiger charge is -2.13. The maximum atomic E-state index is 5.90. The molecule has 0 aliphatic carbocycles. The number of hydrogen-bond donors (Lipinski definition) is 2. The molecule has 0 bridgehead atoms. The van der Waals surface area contributed by atoms with Crippen LogP contribution < -0.4 is 16.4 Å². The molecule has 0 saturated heterocycles. The van der Waals surface area contributed by atoms with Crippen LogP contribution in [0.2, 0.25) is 0 Å². The summed E-state index contributed by atoms with van der Waals surface area (Å²) in [4.78, 5) is 6.23. The Bertz CT molecular complexity index is 505. The number of rotatable bonds is 1. The monoisotopic (exact) mass is 202 g/mol. The van der Waals surface area contributed by atoms with Gasteiger partial charge >= 0.3 is 0 Å². The van der Waals surface area contributed by atoms with Gasteiger partial charge in [0.15, 0.2) is 0 Å². The van der Waals surface area contributed by atoms with Crippen molar-refractivity contribution in [2.75, 3.05) is 30.5 Å². The standard InChI is InChI=1S/C11H14N4/c1-15(2)7-3-4-10-8(5-7)11(13)9(12)6-14-10/h3-6H,12H2,1-2H3,(H2,13,14). The van der Waals surface area contributed by atoms with Crippen molar-refractivity contribution in [2.24, 2.45) is 0 Å². The number of benzene rings is 1. The molecule has 2 aromatic rings. The van der Waals surface area contributed by atoms with Crippen LogP contribution in [-0.4, -0.2) is 19.1 Å². The molecule has 4 nitrogen and oxygen atoms in total. The van der Waals surface area contributed by atoms with Crippen molar-refractivity contribution in [3.63, 3.8) is 0 Å². The molecule has 2 rings (SSSR count). The molecule has 15 heavy (non-hydrogen) atoms. The zero-order valence-corrected chi connectivity index (χ0v) is 8.86. The number of aromatic nitrogens is 1. The van der Waals surface area contributed by atoms with Crippen molar-refractivity contribution in [3.05, 3.63) is 24.4 Å². The van der Waals surface area contributed by atoms with Gasteiger partial charge in [0.1, 0.15) is 0 Å². The van der Waals surface area contributed by atoms with E-state index < -0.39 is 0 Å². The van der Waals surface area contributed by atoms with Crippen molar-refractivity contribution in [2.45, 2.75) is 0 Å². The fourth-order valence-electron chi connectivity index (χ4n) is 1.49. The van der Waals surface area contributed by atoms with E-state index in [0.29, 0.717) is 11.4 Å². The van der Waals surface area contributed by atoms with E-state index >= 15 is 0 Å². The molecule has 0 amide bonds. The van der Waals surface area contributed by atoms with Gasteiger partial charge < -0.3 is 16.4 Å². The number of anilines is 3. The van der Waals surface area contributed by atoms with Crippen molar-refractivity contribution >= 4 is 28.0 Å². The van der Waals surface area contributed by atoms with Crippen LogP contribution in [0.3, 0.4) is 0 Å². The van der Waals surface area contributed by atoms with Gasteiger partial charge in [-0.05, 0) is 18.2 Å². The van der Waals surface area contributed by atoms with Gasteiger partial charge in [-0.15, -0.1) is 0 Å². The van der Waals surface area contributed by atoms with E-state index in [1.807, 2.05) is 37.2 Å². The largest absolute Gasteiger partial charge is 0.396 e. The van der Waals surface area contributed by atoms with E-state index in [0.717, 1.165) is 16.6 Å². The minimum Gasteiger partial charge on any atom is -0.396 e. The van der Waals surface area contributed by atoms with E-state index in [-0.39, 0.29) is 0 Å². The molecule has 4 N–H and O–H groups in total. The molecule has 0 radical (unpaired) electrons. The zero-order valence-electron chi connectivity index (χ0n) is 8.86. The topological polar surface area (TPSA) is 68.2 Å². The summed E-state index contributed by atoms with van der Waals surface area (Å²) in [7, 11) is 3.97. The Balaban J connectivity index is 2.73. The SMILES string of the molecule is CN(C)c1ccc2ncc(N)c(N)c2c1. The number of nitrogen functional groups attached to an aromatic ring is 2. The number of pyridine rings is 1. The first-order valence-corrected chi connectivity index (χ1v) is 4.70. The highest BCUT2D eigenvalue weighted by Crippen LogP contribution is 2.27. The molecule has 1 aromatic carbocycles. The van der Waals surface area contributed by atoms with Gasteiger partial charge in [-0.3, -0.25) is 4.98 Å². The second-order valence-corrected chi connectivity index (χ2v) is 3.72. The number of fused-ring (bicyclic) bond motifs is 1. The van der Waals surface area contributed by atoms with Crippen LogP contribution in [0.1, 0.15) is 0 Å². The molecule has 78 valence electrons. The highest BCUT2D eigenvalue weighted by atomic mass is 15.1. The van der Waals surface area contributed by atoms with Gasteiger partial charge in [0.2, 0.25) is 0 Å². The molecular weight excluding hydrogens is 188 g/mol. The second-order valence-electron chi connectivity index (χ2n) is 3.72. The molecule has 0 aliphatic heterocycles. The summed E-state index contributed by atoms with van der Waals surface area (Å²) in [5.41, 5.74) is 14.7. The smallest absolute Gasteiger partial charge is 0.0740 e. The Hall–Kier alpha value is -1.97. The molecule has 0 saturated carbocycles. The van der Waals surface area contributed by atoms with Gasteiger partial charge in [-0.1, -0.05) is 0 Å². The highest BCUT2D eigenvalue weighted by molar-refractivity contribution is 5.97. The summed E-state index contributed by atoms with van der Waals surface area (Å²) >= 11 is 0. The lowest BCUT2D eigenvalue weighted by Crippen LogP contribution is -2.08. The number of hydrogen-bond acceptors (Lipinski definition) is 4. The maximum absolute atomic E-state index is 5.90. The predicted octanol–water partition coefficient (Wildman–Crippen LogP) is 1.47. The molecule has 1 aromatic heterocycles. The molecule has 0 unspecified atom stereocenters. The third-order valence-corrected chi connectivity index (χ3v) is 2.44. The Labute approximate surface area is 88.5 Å². The molecule has 0 spiro atoms. The summed E-state index contributed by atoms with van der Waals surface area (Å²) < 4.78 is 0. The van der Waals surface area contributed by atoms with E-state index in [1.54, 1.807) is 6.20 Å². The zero-order chi connectivity index (χ0) is 11.0. The molecule has 0 atom stereocenters. The van der Waals surface area contributed by atoms with Crippen LogP contribution in [0.4, 0.5) is 17.1 Å². The van der Waals surface area contributed by atoms with E-state index in [1.165, 1.54) is 0 Å². The minimum absolute atomic E-state index is 0.526. The van der Waals surface area contributed by atoms with Crippen molar-refractivity contribution in [3.8, 4) is 0 Å². The van der Waals surface area contributed by atoms with E-state index in [9.17, 15) is 0 Å². The van der Waals surface area contributed by atoms with Crippen LogP contribution in [0.15, 0.2) is 24.4 Å². The lowest BCUT2D eigenvalue weighted by molar-refractivity contribution is 1.13. The summed E-state index contributed by atoms with van der Waals surface area (Å²) in [5.74, 6) is 0. The number of nitrogens with zero attached hydrogens (tertiary/aromatic N) is 2. The summed E-state index contributed by atoms with van der Waals surface area (Å²) in [5, 5.41) is 0.904. The first-order chi connectivity index (χ1) is 7.09. The fraction of sp³-hybridized carbons (Fsp3) is 0.182. The van der Waals surface area contributed by atoms with Gasteiger partial charge in [0.05, 0.1) is 23.1 Å². The van der Waals surface area contributed by atoms with Gasteiger partial charge in [0.25, 0.3) is 0 Å². The van der Waals surface area contributed by atoms with Crippen LogP contribution >= 0.6 is 0 Å². The predicted molar refractivity (Wildman–Crippen MR) is 64.9 cm³/mol. The number of nitrogens with two attached hydrogens (primary N) is 2. The van der Waals surface area contributed by atoms with Crippen molar-refractivity contribution < 1.29 is 0 Å². The van der Waals surface area contributed by atoms with Crippen LogP contribution in [0.25, 0.3) is 10.9 Å². The van der Waals surface area contributed by atoms with E-state index in [4.69, 9.17) is 11.5 Å². The average Bonchev–Trinajstić information content (AvgIpc) is 2.23. The van der Waals surface area contributed by atoms with Crippen LogP contribution in [-0.2, 0) is 0 Å². The maximum Gasteiger partial charge on any atom is 0.0740 e. The Morgan fingerprint density at radius 2 is 1.93 bits per heavy atom. The third-order valence-electron chi connectivity index (χ3n) is 2.44. The Morgan fingerprint density at radius 3 is 2.60 bits per heavy atom. The van der Waals surface area contributed by atoms with Crippen molar-refractivity contribution in [1.29, 1.82) is 0 Å². The van der Waals surface area contributed by atoms with Crippen LogP contribution in [0.5, 0.6) is 0 Å². The molecule has 0 fully saturated rings. The normalized spacial score (nSPS) is 10.5. The third kappa shape index (κ3) is 1.54. The summed E-state index contributed by atoms with van der Waals surface area (Å²) in [6.45, 7) is 0. The van der Waals surface area contributed by atoms with Gasteiger partial charge in [0, 0.05) is 25.2 Å². The molecule has 4 heteroatoms. The minimum atomic E-state index is 0.526. The van der Waals surface area contributed by atoms with Gasteiger partial charge in [-0.2, -0.15) is 0 Å². The second kappa shape index (κ2) is 3.31. The molecule has 1 heterocycles. The first kappa shape index (κ1) is 9.58. The first-order valence-electron chi connectivity index (χ1n) is 4.70. The highest BCUT2D eigenvalue weighted by Gasteiger charge is 2.04. The Morgan fingerprint density at radius 1 is 1.20 bits per heavy atom. The lowest BCUT2D eigenvalue weighted by atomic mass is 10.1. The van der Waals surface area contributed by atoms with Crippen molar-refractivity contribution in [1.82, 2.24) is 4.98 Å². The molecular formula is C11H14N4. The summed E-state index contributed by atoms with van der Waals surface area (Å²) in [6.07, 6.45) is 1.59. The molecule has 0 aliphatic rings.